The van der Waals surface area contributed by atoms with Crippen molar-refractivity contribution in [3.8, 4) is 11.5 Å². The number of amides is 1. The maximum atomic E-state index is 13.5. The third-order valence-electron chi connectivity index (χ3n) is 8.27. The molecule has 2 N–H and O–H groups in total. The number of methoxy groups -OCH3 is 2. The Labute approximate surface area is 257 Å². The van der Waals surface area contributed by atoms with Gasteiger partial charge in [-0.1, -0.05) is 37.3 Å². The van der Waals surface area contributed by atoms with Gasteiger partial charge in [-0.3, -0.25) is 15.0 Å². The van der Waals surface area contributed by atoms with Crippen LogP contribution in [0.1, 0.15) is 54.3 Å². The van der Waals surface area contributed by atoms with E-state index in [-0.39, 0.29) is 29.2 Å². The molecule has 2 aliphatic rings. The van der Waals surface area contributed by atoms with E-state index in [1.807, 2.05) is 54.6 Å². The molecule has 1 unspecified atom stereocenters. The lowest BCUT2D eigenvalue weighted by Gasteiger charge is -2.25. The molecular formula is C35H39N3O4S. The molecule has 0 spiro atoms. The predicted octanol–water partition coefficient (Wildman–Crippen LogP) is 7.25. The summed E-state index contributed by atoms with van der Waals surface area (Å²) in [5.74, 6) is 1.55. The predicted molar refractivity (Wildman–Crippen MR) is 174 cm³/mol. The molecule has 3 heterocycles. The summed E-state index contributed by atoms with van der Waals surface area (Å²) in [6.45, 7) is 3.26. The number of allylic oxidation sites excluding steroid dienone is 4. The third kappa shape index (κ3) is 7.25. The molecule has 0 radical (unpaired) electrons. The van der Waals surface area contributed by atoms with Crippen LogP contribution < -0.4 is 14.8 Å². The molecular weight excluding hydrogens is 558 g/mol. The molecule has 1 amide bonds. The van der Waals surface area contributed by atoms with E-state index in [1.54, 1.807) is 36.5 Å². The number of nitrogens with one attached hydrogen (secondary N) is 2. The minimum Gasteiger partial charge on any atom is -0.493 e. The average molecular weight is 598 g/mol. The lowest BCUT2D eigenvalue weighted by molar-refractivity contribution is -0.124. The summed E-state index contributed by atoms with van der Waals surface area (Å²) < 4.78 is 12.0. The molecule has 7 nitrogen and oxygen atoms in total. The zero-order valence-corrected chi connectivity index (χ0v) is 25.8. The number of thiophene rings is 1. The van der Waals surface area contributed by atoms with Crippen LogP contribution in [-0.2, 0) is 4.79 Å². The van der Waals surface area contributed by atoms with Gasteiger partial charge in [-0.05, 0) is 85.4 Å². The van der Waals surface area contributed by atoms with Gasteiger partial charge < -0.3 is 19.7 Å². The van der Waals surface area contributed by atoms with Crippen LogP contribution in [0, 0.1) is 17.2 Å². The Kier molecular flexibility index (Phi) is 9.77. The van der Waals surface area contributed by atoms with E-state index in [0.717, 1.165) is 51.2 Å². The van der Waals surface area contributed by atoms with Crippen molar-refractivity contribution in [2.75, 3.05) is 27.3 Å². The van der Waals surface area contributed by atoms with Crippen molar-refractivity contribution >= 4 is 44.5 Å². The molecule has 5 rings (SSSR count). The van der Waals surface area contributed by atoms with Crippen molar-refractivity contribution in [3.63, 3.8) is 0 Å². The van der Waals surface area contributed by atoms with Crippen LogP contribution in [0.15, 0.2) is 78.5 Å². The highest BCUT2D eigenvalue weighted by Crippen LogP contribution is 2.32. The number of ether oxygens (including phenoxy) is 2. The molecule has 43 heavy (non-hydrogen) atoms. The van der Waals surface area contributed by atoms with Gasteiger partial charge in [0, 0.05) is 41.2 Å². The summed E-state index contributed by atoms with van der Waals surface area (Å²) in [4.78, 5) is 29.3. The number of nitrogens with zero attached hydrogens (tertiary/aromatic N) is 1. The van der Waals surface area contributed by atoms with Crippen molar-refractivity contribution in [2.24, 2.45) is 11.8 Å². The van der Waals surface area contributed by atoms with Crippen molar-refractivity contribution in [1.29, 1.82) is 5.41 Å². The Morgan fingerprint density at radius 1 is 1.12 bits per heavy atom. The van der Waals surface area contributed by atoms with Crippen LogP contribution in [0.2, 0.25) is 0 Å². The maximum Gasteiger partial charge on any atom is 0.271 e. The van der Waals surface area contributed by atoms with E-state index in [0.29, 0.717) is 37.4 Å². The Morgan fingerprint density at radius 3 is 2.72 bits per heavy atom. The lowest BCUT2D eigenvalue weighted by atomic mass is 9.86. The zero-order valence-electron chi connectivity index (χ0n) is 25.0. The minimum absolute atomic E-state index is 0.0364. The van der Waals surface area contributed by atoms with Crippen LogP contribution in [0.4, 0.5) is 0 Å². The van der Waals surface area contributed by atoms with Gasteiger partial charge in [0.15, 0.2) is 17.3 Å². The van der Waals surface area contributed by atoms with Gasteiger partial charge in [0.25, 0.3) is 5.91 Å². The van der Waals surface area contributed by atoms with Crippen molar-refractivity contribution in [3.05, 3.63) is 89.0 Å². The van der Waals surface area contributed by atoms with Crippen LogP contribution in [-0.4, -0.2) is 49.6 Å². The quantitative estimate of drug-likeness (QED) is 0.211. The highest BCUT2D eigenvalue weighted by Gasteiger charge is 2.29. The number of Topliss-reactive ketones (excluding diaryl/α,β-unsaturated/α-hetero) is 1. The van der Waals surface area contributed by atoms with Gasteiger partial charge in [-0.15, -0.1) is 11.3 Å². The van der Waals surface area contributed by atoms with E-state index >= 15 is 0 Å². The summed E-state index contributed by atoms with van der Waals surface area (Å²) >= 11 is 1.56. The second-order valence-corrected chi connectivity index (χ2v) is 12.3. The molecule has 224 valence electrons. The van der Waals surface area contributed by atoms with Crippen LogP contribution >= 0.6 is 11.3 Å². The van der Waals surface area contributed by atoms with Crippen LogP contribution in [0.3, 0.4) is 0 Å². The number of ketones is 1. The van der Waals surface area contributed by atoms with Crippen molar-refractivity contribution < 1.29 is 19.1 Å². The van der Waals surface area contributed by atoms with E-state index in [9.17, 15) is 9.59 Å². The second kappa shape index (κ2) is 13.9. The number of rotatable bonds is 8. The zero-order chi connectivity index (χ0) is 30.3. The SMILES string of the molecule is COc1ccc(/C2=C/C=C\CC/C(=C/C(=N)C(=O)N3CCCC(CC(=O)c4cc5ccccc5s4)[C@@H](C)C3)N2)cc1OC. The number of benzene rings is 2. The first-order chi connectivity index (χ1) is 20.9. The smallest absolute Gasteiger partial charge is 0.271 e. The fraction of sp³-hybridized carbons (Fsp3) is 0.343. The number of fused-ring (bicyclic) bond motifs is 1. The molecule has 0 aliphatic carbocycles. The molecule has 2 aromatic carbocycles. The topological polar surface area (TPSA) is 91.7 Å². The maximum absolute atomic E-state index is 13.5. The molecule has 0 bridgehead atoms. The number of hydrogen-bond donors (Lipinski definition) is 2. The largest absolute Gasteiger partial charge is 0.493 e. The summed E-state index contributed by atoms with van der Waals surface area (Å²) in [6.07, 6.45) is 11.4. The standard InChI is InChI=1S/C35H39N3O4S/c1-23-22-38(17-9-11-24(23)18-30(39)34-20-26-10-7-8-14-33(26)43-34)35(40)28(36)21-27-12-5-4-6-13-29(37-27)25-15-16-31(41-2)32(19-25)42-3/h4,6-8,10,13-16,19-21,23-24,36-37H,5,9,11-12,17-18,22H2,1-3H3/b6-4-,27-21-,29-13-,36-28?/t23-,24?/m0/s1. The first-order valence-corrected chi connectivity index (χ1v) is 15.6. The van der Waals surface area contributed by atoms with Gasteiger partial charge in [-0.25, -0.2) is 0 Å². The normalized spacial score (nSPS) is 22.0. The Morgan fingerprint density at radius 2 is 1.93 bits per heavy atom. The molecule has 2 aliphatic heterocycles. The molecule has 8 heteroatoms. The van der Waals surface area contributed by atoms with Gasteiger partial charge in [0.2, 0.25) is 0 Å². The van der Waals surface area contributed by atoms with Gasteiger partial charge >= 0.3 is 0 Å². The minimum atomic E-state index is -0.271. The average Bonchev–Trinajstić information content (AvgIpc) is 3.36. The second-order valence-electron chi connectivity index (χ2n) is 11.2. The molecule has 1 saturated heterocycles. The monoisotopic (exact) mass is 597 g/mol. The molecule has 2 atom stereocenters. The molecule has 1 aromatic heterocycles. The van der Waals surface area contributed by atoms with E-state index in [1.165, 1.54) is 0 Å². The first kappa shape index (κ1) is 30.3. The highest BCUT2D eigenvalue weighted by molar-refractivity contribution is 7.20. The van der Waals surface area contributed by atoms with E-state index in [2.05, 4.69) is 24.4 Å². The van der Waals surface area contributed by atoms with E-state index in [4.69, 9.17) is 14.9 Å². The number of hydrogen-bond acceptors (Lipinski definition) is 7. The highest BCUT2D eigenvalue weighted by atomic mass is 32.1. The summed E-state index contributed by atoms with van der Waals surface area (Å²) in [5, 5.41) is 13.3. The fourth-order valence-electron chi connectivity index (χ4n) is 5.83. The van der Waals surface area contributed by atoms with Gasteiger partial charge in [0.05, 0.1) is 19.1 Å². The summed E-state index contributed by atoms with van der Waals surface area (Å²) in [5.41, 5.74) is 2.52. The molecule has 1 fully saturated rings. The first-order valence-electron chi connectivity index (χ1n) is 14.8. The third-order valence-corrected chi connectivity index (χ3v) is 9.43. The summed E-state index contributed by atoms with van der Waals surface area (Å²) in [7, 11) is 3.21. The Bertz CT molecular complexity index is 1570. The number of carbonyl (C=O) groups is 2. The van der Waals surface area contributed by atoms with Gasteiger partial charge in [0.1, 0.15) is 5.71 Å². The summed E-state index contributed by atoms with van der Waals surface area (Å²) in [6, 6.07) is 15.8. The van der Waals surface area contributed by atoms with Crippen molar-refractivity contribution in [1.82, 2.24) is 10.2 Å². The Balaban J connectivity index is 1.24. The molecule has 0 saturated carbocycles. The Hall–Kier alpha value is -4.17. The van der Waals surface area contributed by atoms with Crippen molar-refractivity contribution in [2.45, 2.75) is 39.0 Å². The van der Waals surface area contributed by atoms with Crippen LogP contribution in [0.25, 0.3) is 15.8 Å². The van der Waals surface area contributed by atoms with Crippen LogP contribution in [0.5, 0.6) is 11.5 Å². The van der Waals surface area contributed by atoms with Gasteiger partial charge in [-0.2, -0.15) is 0 Å². The fourth-order valence-corrected chi connectivity index (χ4v) is 6.84. The molecule has 3 aromatic rings. The van der Waals surface area contributed by atoms with E-state index < -0.39 is 0 Å². The lowest BCUT2D eigenvalue weighted by Crippen LogP contribution is -2.39. The number of carbonyl (C=O) groups excluding carboxylic acids is 2. The number of likely N-dealkylation sites (tertiary alicyclic amines) is 1.